The molecule has 1 fully saturated rings. The van der Waals surface area contributed by atoms with Crippen LogP contribution in [0.15, 0.2) is 11.9 Å². The molecule has 1 saturated heterocycles. The van der Waals surface area contributed by atoms with Crippen molar-refractivity contribution in [3.05, 3.63) is 23.3 Å². The number of hydrogen-bond acceptors (Lipinski definition) is 5. The summed E-state index contributed by atoms with van der Waals surface area (Å²) < 4.78 is 9.91. The van der Waals surface area contributed by atoms with Crippen molar-refractivity contribution in [1.82, 2.24) is 9.97 Å². The Morgan fingerprint density at radius 2 is 1.88 bits per heavy atom. The summed E-state index contributed by atoms with van der Waals surface area (Å²) in [5, 5.41) is 0. The molecule has 1 aliphatic rings. The SMILES string of the molecule is Cc1[nH]cnc1C=C1C(=O)OC(C)(C)OC1=O. The van der Waals surface area contributed by atoms with E-state index >= 15 is 0 Å². The molecule has 2 heterocycles. The second-order valence-electron chi connectivity index (χ2n) is 4.15. The molecule has 0 amide bonds. The number of hydrogen-bond donors (Lipinski definition) is 1. The van der Waals surface area contributed by atoms with Crippen molar-refractivity contribution in [2.75, 3.05) is 0 Å². The van der Waals surface area contributed by atoms with Crippen molar-refractivity contribution in [2.24, 2.45) is 0 Å². The molecular weight excluding hydrogens is 224 g/mol. The van der Waals surface area contributed by atoms with E-state index in [1.165, 1.54) is 26.3 Å². The van der Waals surface area contributed by atoms with E-state index in [4.69, 9.17) is 9.47 Å². The zero-order valence-electron chi connectivity index (χ0n) is 9.73. The summed E-state index contributed by atoms with van der Waals surface area (Å²) >= 11 is 0. The number of aromatic amines is 1. The Labute approximate surface area is 97.6 Å². The number of carbonyl (C=O) groups excluding carboxylic acids is 2. The zero-order chi connectivity index (χ0) is 12.6. The highest BCUT2D eigenvalue weighted by Crippen LogP contribution is 2.24. The molecule has 17 heavy (non-hydrogen) atoms. The van der Waals surface area contributed by atoms with Gasteiger partial charge < -0.3 is 14.5 Å². The van der Waals surface area contributed by atoms with Gasteiger partial charge in [-0.2, -0.15) is 0 Å². The van der Waals surface area contributed by atoms with E-state index in [-0.39, 0.29) is 5.57 Å². The van der Waals surface area contributed by atoms with Crippen molar-refractivity contribution < 1.29 is 19.1 Å². The monoisotopic (exact) mass is 236 g/mol. The van der Waals surface area contributed by atoms with Gasteiger partial charge in [-0.05, 0) is 13.0 Å². The minimum absolute atomic E-state index is 0.153. The molecule has 2 rings (SSSR count). The van der Waals surface area contributed by atoms with Gasteiger partial charge in [0.25, 0.3) is 5.79 Å². The number of cyclic esters (lactones) is 2. The van der Waals surface area contributed by atoms with Gasteiger partial charge in [-0.15, -0.1) is 0 Å². The Balaban J connectivity index is 2.34. The molecule has 0 radical (unpaired) electrons. The van der Waals surface area contributed by atoms with E-state index in [0.717, 1.165) is 5.69 Å². The quantitative estimate of drug-likeness (QED) is 0.446. The third-order valence-electron chi connectivity index (χ3n) is 2.27. The maximum Gasteiger partial charge on any atom is 0.348 e. The van der Waals surface area contributed by atoms with Crippen molar-refractivity contribution >= 4 is 18.0 Å². The van der Waals surface area contributed by atoms with Crippen LogP contribution in [-0.4, -0.2) is 27.7 Å². The first kappa shape index (κ1) is 11.4. The summed E-state index contributed by atoms with van der Waals surface area (Å²) in [7, 11) is 0. The van der Waals surface area contributed by atoms with Gasteiger partial charge >= 0.3 is 11.9 Å². The standard InChI is InChI=1S/C11H12N2O4/c1-6-8(13-5-12-6)4-7-9(14)16-11(2,3)17-10(7)15/h4-5H,1-3H3,(H,12,13). The number of imidazole rings is 1. The topological polar surface area (TPSA) is 81.3 Å². The molecule has 1 aliphatic heterocycles. The molecule has 0 aliphatic carbocycles. The van der Waals surface area contributed by atoms with Crippen LogP contribution in [0.5, 0.6) is 0 Å². The van der Waals surface area contributed by atoms with Gasteiger partial charge in [0, 0.05) is 19.5 Å². The van der Waals surface area contributed by atoms with Crippen LogP contribution < -0.4 is 0 Å². The molecule has 1 N–H and O–H groups in total. The maximum absolute atomic E-state index is 11.6. The molecule has 0 aromatic carbocycles. The fourth-order valence-electron chi connectivity index (χ4n) is 1.43. The van der Waals surface area contributed by atoms with Gasteiger partial charge in [0.2, 0.25) is 0 Å². The van der Waals surface area contributed by atoms with Crippen LogP contribution in [0.4, 0.5) is 0 Å². The van der Waals surface area contributed by atoms with Crippen LogP contribution in [0.2, 0.25) is 0 Å². The van der Waals surface area contributed by atoms with Gasteiger partial charge in [0.1, 0.15) is 5.57 Å². The molecule has 1 aromatic heterocycles. The van der Waals surface area contributed by atoms with E-state index in [2.05, 4.69) is 9.97 Å². The van der Waals surface area contributed by atoms with Crippen LogP contribution in [0.3, 0.4) is 0 Å². The average molecular weight is 236 g/mol. The molecular formula is C11H12N2O4. The molecule has 0 unspecified atom stereocenters. The van der Waals surface area contributed by atoms with Gasteiger partial charge in [-0.25, -0.2) is 14.6 Å². The number of H-pyrrole nitrogens is 1. The molecule has 0 spiro atoms. The smallest absolute Gasteiger partial charge is 0.348 e. The number of aromatic nitrogens is 2. The van der Waals surface area contributed by atoms with Crippen LogP contribution in [0.1, 0.15) is 25.2 Å². The fraction of sp³-hybridized carbons (Fsp3) is 0.364. The average Bonchev–Trinajstić information content (AvgIpc) is 2.56. The number of esters is 2. The van der Waals surface area contributed by atoms with Crippen LogP contribution in [0, 0.1) is 6.92 Å². The van der Waals surface area contributed by atoms with Gasteiger partial charge in [-0.1, -0.05) is 0 Å². The molecule has 6 nitrogen and oxygen atoms in total. The summed E-state index contributed by atoms with van der Waals surface area (Å²) in [5.41, 5.74) is 1.11. The minimum Gasteiger partial charge on any atom is -0.419 e. The van der Waals surface area contributed by atoms with Gasteiger partial charge in [-0.3, -0.25) is 0 Å². The highest BCUT2D eigenvalue weighted by molar-refractivity contribution is 6.18. The first-order chi connectivity index (χ1) is 7.89. The largest absolute Gasteiger partial charge is 0.419 e. The number of nitrogens with zero attached hydrogens (tertiary/aromatic N) is 1. The summed E-state index contributed by atoms with van der Waals surface area (Å²) in [5.74, 6) is -2.62. The summed E-state index contributed by atoms with van der Waals surface area (Å²) in [6.07, 6.45) is 2.83. The summed E-state index contributed by atoms with van der Waals surface area (Å²) in [6.45, 7) is 4.78. The number of rotatable bonds is 1. The molecule has 0 atom stereocenters. The lowest BCUT2D eigenvalue weighted by molar-refractivity contribution is -0.222. The van der Waals surface area contributed by atoms with E-state index in [9.17, 15) is 9.59 Å². The number of ether oxygens (including phenoxy) is 2. The summed E-state index contributed by atoms with van der Waals surface area (Å²) in [4.78, 5) is 30.1. The second kappa shape index (κ2) is 3.73. The molecule has 0 bridgehead atoms. The molecule has 0 saturated carbocycles. The highest BCUT2D eigenvalue weighted by Gasteiger charge is 2.39. The van der Waals surface area contributed by atoms with E-state index in [1.807, 2.05) is 0 Å². The Morgan fingerprint density at radius 1 is 1.29 bits per heavy atom. The highest BCUT2D eigenvalue weighted by atomic mass is 16.7. The lowest BCUT2D eigenvalue weighted by Crippen LogP contribution is -2.41. The summed E-state index contributed by atoms with van der Waals surface area (Å²) in [6, 6.07) is 0. The third kappa shape index (κ3) is 2.20. The predicted octanol–water partition coefficient (Wildman–Crippen LogP) is 0.938. The van der Waals surface area contributed by atoms with Crippen LogP contribution in [-0.2, 0) is 19.1 Å². The van der Waals surface area contributed by atoms with E-state index < -0.39 is 17.7 Å². The van der Waals surface area contributed by atoms with Gasteiger partial charge in [0.15, 0.2) is 0 Å². The first-order valence-corrected chi connectivity index (χ1v) is 5.07. The molecule has 1 aromatic rings. The minimum atomic E-state index is -1.22. The Kier molecular flexibility index (Phi) is 2.49. The van der Waals surface area contributed by atoms with Crippen LogP contribution >= 0.6 is 0 Å². The third-order valence-corrected chi connectivity index (χ3v) is 2.27. The second-order valence-corrected chi connectivity index (χ2v) is 4.15. The van der Waals surface area contributed by atoms with Crippen molar-refractivity contribution in [3.63, 3.8) is 0 Å². The van der Waals surface area contributed by atoms with Crippen LogP contribution in [0.25, 0.3) is 6.08 Å². The van der Waals surface area contributed by atoms with E-state index in [1.54, 1.807) is 6.92 Å². The fourth-order valence-corrected chi connectivity index (χ4v) is 1.43. The maximum atomic E-state index is 11.6. The Morgan fingerprint density at radius 3 is 2.35 bits per heavy atom. The molecule has 90 valence electrons. The Hall–Kier alpha value is -2.11. The predicted molar refractivity (Wildman–Crippen MR) is 57.6 cm³/mol. The van der Waals surface area contributed by atoms with E-state index in [0.29, 0.717) is 5.69 Å². The van der Waals surface area contributed by atoms with Gasteiger partial charge in [0.05, 0.1) is 12.0 Å². The lowest BCUT2D eigenvalue weighted by Gasteiger charge is -2.29. The zero-order valence-corrected chi connectivity index (χ0v) is 9.73. The first-order valence-electron chi connectivity index (χ1n) is 5.07. The Bertz CT molecular complexity index is 491. The number of nitrogens with one attached hydrogen (secondary N) is 1. The number of aryl methyl sites for hydroxylation is 1. The lowest BCUT2D eigenvalue weighted by atomic mass is 10.1. The normalized spacial score (nSPS) is 18.6. The van der Waals surface area contributed by atoms with Crippen molar-refractivity contribution in [3.8, 4) is 0 Å². The van der Waals surface area contributed by atoms with Crippen molar-refractivity contribution in [2.45, 2.75) is 26.6 Å². The molecule has 6 heteroatoms. The van der Waals surface area contributed by atoms with Crippen molar-refractivity contribution in [1.29, 1.82) is 0 Å². The number of carbonyl (C=O) groups is 2.